The minimum absolute atomic E-state index is 0.131. The fourth-order valence-electron chi connectivity index (χ4n) is 4.99. The molecule has 0 unspecified atom stereocenters. The molecule has 0 radical (unpaired) electrons. The molecule has 2 aromatic heterocycles. The number of halogens is 1. The Kier molecular flexibility index (Phi) is 8.48. The van der Waals surface area contributed by atoms with Gasteiger partial charge in [-0.1, -0.05) is 54.1 Å². The van der Waals surface area contributed by atoms with Crippen molar-refractivity contribution in [2.24, 2.45) is 5.10 Å². The molecule has 2 heterocycles. The van der Waals surface area contributed by atoms with Crippen molar-refractivity contribution in [2.45, 2.75) is 27.1 Å². The van der Waals surface area contributed by atoms with Crippen molar-refractivity contribution in [1.29, 1.82) is 0 Å². The first-order valence-corrected chi connectivity index (χ1v) is 14.5. The van der Waals surface area contributed by atoms with Crippen molar-refractivity contribution in [3.63, 3.8) is 0 Å². The maximum atomic E-state index is 12.8. The zero-order valence-electron chi connectivity index (χ0n) is 24.3. The van der Waals surface area contributed by atoms with Gasteiger partial charge in [-0.2, -0.15) is 5.10 Å². The van der Waals surface area contributed by atoms with E-state index in [0.717, 1.165) is 27.6 Å². The molecule has 4 aromatic carbocycles. The van der Waals surface area contributed by atoms with Gasteiger partial charge in [-0.3, -0.25) is 4.79 Å². The maximum absolute atomic E-state index is 12.8. The van der Waals surface area contributed by atoms with Crippen LogP contribution in [0.4, 0.5) is 0 Å². The fraction of sp³-hybridized carbons (Fsp3) is 0.111. The van der Waals surface area contributed by atoms with Crippen molar-refractivity contribution in [2.75, 3.05) is 0 Å². The Morgan fingerprint density at radius 2 is 1.59 bits per heavy atom. The first-order chi connectivity index (χ1) is 21.4. The molecule has 0 aliphatic heterocycles. The third-order valence-electron chi connectivity index (χ3n) is 7.23. The second kappa shape index (κ2) is 12.9. The van der Waals surface area contributed by atoms with E-state index < -0.39 is 5.91 Å². The molecule has 0 fully saturated rings. The number of carbonyl (C=O) groups is 1. The number of aryl methyl sites for hydroxylation is 2. The molecule has 220 valence electrons. The van der Waals surface area contributed by atoms with Gasteiger partial charge in [0.2, 0.25) is 0 Å². The first kappa shape index (κ1) is 28.8. The molecule has 0 bridgehead atoms. The van der Waals surface area contributed by atoms with Crippen LogP contribution in [0.1, 0.15) is 38.8 Å². The highest BCUT2D eigenvalue weighted by Gasteiger charge is 2.13. The number of aromatic nitrogens is 1. The highest BCUT2D eigenvalue weighted by molar-refractivity contribution is 6.30. The molecule has 0 saturated heterocycles. The normalized spacial score (nSPS) is 11.2. The van der Waals surface area contributed by atoms with E-state index in [1.807, 2.05) is 84.9 Å². The predicted octanol–water partition coefficient (Wildman–Crippen LogP) is 8.42. The monoisotopic (exact) mass is 603 g/mol. The average molecular weight is 604 g/mol. The third-order valence-corrected chi connectivity index (χ3v) is 7.48. The summed E-state index contributed by atoms with van der Waals surface area (Å²) in [6.07, 6.45) is 1.59. The third kappa shape index (κ3) is 6.53. The van der Waals surface area contributed by atoms with Crippen LogP contribution in [-0.4, -0.2) is 16.7 Å². The summed E-state index contributed by atoms with van der Waals surface area (Å²) in [7, 11) is 0. The number of ether oxygens (including phenoxy) is 2. The zero-order chi connectivity index (χ0) is 30.5. The molecule has 0 spiro atoms. The molecular formula is C36H30ClN3O4. The van der Waals surface area contributed by atoms with Gasteiger partial charge in [0.05, 0.1) is 6.21 Å². The molecule has 1 amide bonds. The van der Waals surface area contributed by atoms with Crippen LogP contribution in [0.5, 0.6) is 11.5 Å². The molecule has 6 rings (SSSR count). The largest absolute Gasteiger partial charge is 0.488 e. The molecule has 1 N–H and O–H groups in total. The smallest absolute Gasteiger partial charge is 0.307 e. The van der Waals surface area contributed by atoms with Gasteiger partial charge in [0.25, 0.3) is 0 Å². The van der Waals surface area contributed by atoms with Crippen LogP contribution in [-0.2, 0) is 13.2 Å². The Labute approximate surface area is 260 Å². The number of nitrogens with zero attached hydrogens (tertiary/aromatic N) is 2. The van der Waals surface area contributed by atoms with E-state index in [2.05, 4.69) is 41.1 Å². The summed E-state index contributed by atoms with van der Waals surface area (Å²) in [5.74, 6) is 1.52. The Bertz CT molecular complexity index is 1920. The van der Waals surface area contributed by atoms with Crippen LogP contribution < -0.4 is 14.9 Å². The van der Waals surface area contributed by atoms with E-state index in [9.17, 15) is 4.79 Å². The molecule has 0 atom stereocenters. The zero-order valence-corrected chi connectivity index (χ0v) is 25.0. The number of benzene rings is 4. The van der Waals surface area contributed by atoms with Gasteiger partial charge >= 0.3 is 5.91 Å². The molecule has 0 aliphatic rings. The lowest BCUT2D eigenvalue weighted by Gasteiger charge is -2.12. The van der Waals surface area contributed by atoms with E-state index in [0.29, 0.717) is 28.9 Å². The van der Waals surface area contributed by atoms with Crippen molar-refractivity contribution < 1.29 is 18.7 Å². The number of furan rings is 1. The molecular weight excluding hydrogens is 574 g/mol. The minimum Gasteiger partial charge on any atom is -0.488 e. The second-order valence-corrected chi connectivity index (χ2v) is 10.7. The summed E-state index contributed by atoms with van der Waals surface area (Å²) in [5, 5.41) is 6.87. The van der Waals surface area contributed by atoms with E-state index in [4.69, 9.17) is 25.5 Å². The van der Waals surface area contributed by atoms with Gasteiger partial charge in [-0.25, -0.2) is 5.43 Å². The average Bonchev–Trinajstić information content (AvgIpc) is 3.66. The number of rotatable bonds is 10. The lowest BCUT2D eigenvalue weighted by molar-refractivity contribution is 0.0923. The number of hydrogen-bond acceptors (Lipinski definition) is 5. The Hall–Kier alpha value is -5.27. The molecule has 7 nitrogen and oxygen atoms in total. The quantitative estimate of drug-likeness (QED) is 0.126. The number of carbonyl (C=O) groups excluding carboxylic acids is 1. The van der Waals surface area contributed by atoms with Crippen molar-refractivity contribution >= 4 is 34.5 Å². The van der Waals surface area contributed by atoms with Crippen LogP contribution in [0.2, 0.25) is 5.02 Å². The number of hydrogen-bond donors (Lipinski definition) is 1. The molecule has 0 aliphatic carbocycles. The number of hydrazone groups is 1. The number of amides is 1. The summed E-state index contributed by atoms with van der Waals surface area (Å²) in [4.78, 5) is 12.8. The lowest BCUT2D eigenvalue weighted by Crippen LogP contribution is -2.17. The van der Waals surface area contributed by atoms with Crippen LogP contribution in [0.15, 0.2) is 119 Å². The van der Waals surface area contributed by atoms with E-state index in [1.165, 1.54) is 11.4 Å². The van der Waals surface area contributed by atoms with E-state index in [1.54, 1.807) is 18.3 Å². The fourth-order valence-corrected chi connectivity index (χ4v) is 5.11. The maximum Gasteiger partial charge on any atom is 0.307 e. The van der Waals surface area contributed by atoms with Crippen LogP contribution in [0.25, 0.3) is 16.5 Å². The Morgan fingerprint density at radius 1 is 0.841 bits per heavy atom. The van der Waals surface area contributed by atoms with Crippen LogP contribution in [0.3, 0.4) is 0 Å². The van der Waals surface area contributed by atoms with Gasteiger partial charge in [0.15, 0.2) is 5.76 Å². The molecule has 0 saturated carbocycles. The minimum atomic E-state index is -0.474. The van der Waals surface area contributed by atoms with Crippen molar-refractivity contribution in [3.05, 3.63) is 148 Å². The molecule has 8 heteroatoms. The van der Waals surface area contributed by atoms with Gasteiger partial charge < -0.3 is 18.5 Å². The standard InChI is InChI=1S/C36H30ClN3O4/c1-24-7-8-25(2)40(24)29-14-16-30(17-15-29)42-23-31-18-20-35(44-31)36(41)39-38-21-33-32-6-4-3-5-27(32)11-19-34(33)43-22-26-9-12-28(37)13-10-26/h3-21H,22-23H2,1-2H3,(H,39,41)/b38-21+. The van der Waals surface area contributed by atoms with Crippen molar-refractivity contribution in [3.8, 4) is 17.2 Å². The summed E-state index contributed by atoms with van der Waals surface area (Å²) >= 11 is 6.01. The highest BCUT2D eigenvalue weighted by Crippen LogP contribution is 2.28. The van der Waals surface area contributed by atoms with Crippen LogP contribution in [0, 0.1) is 13.8 Å². The first-order valence-electron chi connectivity index (χ1n) is 14.1. The lowest BCUT2D eigenvalue weighted by atomic mass is 10.0. The van der Waals surface area contributed by atoms with Gasteiger partial charge in [-0.05, 0) is 96.9 Å². The highest BCUT2D eigenvalue weighted by atomic mass is 35.5. The number of fused-ring (bicyclic) bond motifs is 1. The summed E-state index contributed by atoms with van der Waals surface area (Å²) in [6.45, 7) is 4.69. The summed E-state index contributed by atoms with van der Waals surface area (Å²) < 4.78 is 19.9. The van der Waals surface area contributed by atoms with Crippen molar-refractivity contribution in [1.82, 2.24) is 9.99 Å². The summed E-state index contributed by atoms with van der Waals surface area (Å²) in [6, 6.07) is 34.7. The predicted molar refractivity (Wildman–Crippen MR) is 173 cm³/mol. The Morgan fingerprint density at radius 3 is 2.36 bits per heavy atom. The summed E-state index contributed by atoms with van der Waals surface area (Å²) in [5.41, 5.74) is 7.69. The number of nitrogens with one attached hydrogen (secondary N) is 1. The Balaban J connectivity index is 1.09. The van der Waals surface area contributed by atoms with Crippen LogP contribution >= 0.6 is 11.6 Å². The van der Waals surface area contributed by atoms with E-state index >= 15 is 0 Å². The van der Waals surface area contributed by atoms with Gasteiger partial charge in [-0.15, -0.1) is 0 Å². The van der Waals surface area contributed by atoms with E-state index in [-0.39, 0.29) is 12.4 Å². The topological polar surface area (TPSA) is 78.0 Å². The molecule has 6 aromatic rings. The SMILES string of the molecule is Cc1ccc(C)n1-c1ccc(OCc2ccc(C(=O)N/N=C/c3c(OCc4ccc(Cl)cc4)ccc4ccccc34)o2)cc1. The molecule has 44 heavy (non-hydrogen) atoms. The second-order valence-electron chi connectivity index (χ2n) is 10.3. The van der Waals surface area contributed by atoms with Gasteiger partial charge in [0, 0.05) is 27.7 Å². The van der Waals surface area contributed by atoms with Gasteiger partial charge in [0.1, 0.15) is 30.5 Å².